The summed E-state index contributed by atoms with van der Waals surface area (Å²) < 4.78 is 0. The maximum atomic E-state index is 4.40. The van der Waals surface area contributed by atoms with Gasteiger partial charge in [0.1, 0.15) is 0 Å². The van der Waals surface area contributed by atoms with E-state index in [0.717, 1.165) is 6.54 Å². The molecule has 0 saturated carbocycles. The molecule has 2 heterocycles. The van der Waals surface area contributed by atoms with Crippen molar-refractivity contribution < 1.29 is 0 Å². The molecule has 1 N–H and O–H groups in total. The Hall–Kier alpha value is -0.370. The molecule has 1 spiro atoms. The van der Waals surface area contributed by atoms with Gasteiger partial charge in [-0.1, -0.05) is 0 Å². The van der Waals surface area contributed by atoms with Crippen LogP contribution in [0.1, 0.15) is 25.7 Å². The van der Waals surface area contributed by atoms with Gasteiger partial charge in [0, 0.05) is 6.54 Å². The van der Waals surface area contributed by atoms with Crippen LogP contribution in [0.25, 0.3) is 0 Å². The number of hydrogen-bond donors (Lipinski definition) is 1. The minimum Gasteiger partial charge on any atom is -0.317 e. The third-order valence-corrected chi connectivity index (χ3v) is 3.02. The summed E-state index contributed by atoms with van der Waals surface area (Å²) >= 11 is 0. The molecule has 2 nitrogen and oxygen atoms in total. The van der Waals surface area contributed by atoms with E-state index in [-0.39, 0.29) is 0 Å². The molecule has 1 saturated heterocycles. The minimum atomic E-state index is 0.597. The van der Waals surface area contributed by atoms with Crippen molar-refractivity contribution in [2.24, 2.45) is 10.4 Å². The second-order valence-corrected chi connectivity index (χ2v) is 3.81. The Morgan fingerprint density at radius 1 is 1.18 bits per heavy atom. The Morgan fingerprint density at radius 3 is 2.64 bits per heavy atom. The monoisotopic (exact) mass is 152 g/mol. The van der Waals surface area contributed by atoms with Gasteiger partial charge in [0.05, 0.1) is 0 Å². The second kappa shape index (κ2) is 2.94. The van der Waals surface area contributed by atoms with Gasteiger partial charge in [-0.2, -0.15) is 0 Å². The van der Waals surface area contributed by atoms with Gasteiger partial charge in [0.2, 0.25) is 0 Å². The Morgan fingerprint density at radius 2 is 2.00 bits per heavy atom. The van der Waals surface area contributed by atoms with Gasteiger partial charge in [-0.25, -0.2) is 0 Å². The Bertz CT molecular complexity index is 157. The molecule has 0 aromatic heterocycles. The fourth-order valence-corrected chi connectivity index (χ4v) is 2.16. The van der Waals surface area contributed by atoms with Crippen LogP contribution in [0.4, 0.5) is 0 Å². The van der Waals surface area contributed by atoms with Crippen molar-refractivity contribution in [2.75, 3.05) is 19.6 Å². The van der Waals surface area contributed by atoms with Crippen LogP contribution in [0.2, 0.25) is 0 Å². The lowest BCUT2D eigenvalue weighted by atomic mass is 9.74. The highest BCUT2D eigenvalue weighted by Crippen LogP contribution is 2.35. The van der Waals surface area contributed by atoms with Crippen molar-refractivity contribution in [2.45, 2.75) is 25.7 Å². The average Bonchev–Trinajstić information content (AvgIpc) is 2.07. The van der Waals surface area contributed by atoms with Crippen LogP contribution < -0.4 is 5.32 Å². The number of hydrogen-bond acceptors (Lipinski definition) is 2. The molecule has 2 heteroatoms. The number of nitrogens with zero attached hydrogens (tertiary/aromatic N) is 1. The summed E-state index contributed by atoms with van der Waals surface area (Å²) in [6, 6.07) is 0. The normalized spacial score (nSPS) is 29.1. The van der Waals surface area contributed by atoms with Crippen LogP contribution in [-0.4, -0.2) is 25.8 Å². The molecule has 0 bridgehead atoms. The summed E-state index contributed by atoms with van der Waals surface area (Å²) in [5.74, 6) is 0. The van der Waals surface area contributed by atoms with E-state index in [1.807, 2.05) is 0 Å². The van der Waals surface area contributed by atoms with E-state index in [1.165, 1.54) is 38.8 Å². The quantitative estimate of drug-likeness (QED) is 0.554. The first-order valence-corrected chi connectivity index (χ1v) is 4.60. The van der Waals surface area contributed by atoms with Gasteiger partial charge in [0.15, 0.2) is 0 Å². The fourth-order valence-electron chi connectivity index (χ4n) is 2.16. The zero-order valence-electron chi connectivity index (χ0n) is 6.97. The fraction of sp³-hybridized carbons (Fsp3) is 0.889. The Labute approximate surface area is 68.1 Å². The van der Waals surface area contributed by atoms with Gasteiger partial charge in [0.25, 0.3) is 0 Å². The van der Waals surface area contributed by atoms with Crippen LogP contribution in [-0.2, 0) is 0 Å². The summed E-state index contributed by atoms with van der Waals surface area (Å²) in [6.07, 6.45) is 7.35. The largest absolute Gasteiger partial charge is 0.317 e. The van der Waals surface area contributed by atoms with Crippen molar-refractivity contribution >= 4 is 6.21 Å². The predicted molar refractivity (Wildman–Crippen MR) is 47.1 cm³/mol. The van der Waals surface area contributed by atoms with Gasteiger partial charge in [-0.3, -0.25) is 4.99 Å². The number of piperidine rings is 1. The number of nitrogens with one attached hydrogen (secondary N) is 1. The molecule has 0 amide bonds. The van der Waals surface area contributed by atoms with E-state index in [2.05, 4.69) is 16.5 Å². The SMILES string of the molecule is C1=NCC2(CC1)CCNCC2. The smallest absolute Gasteiger partial charge is 0.0442 e. The van der Waals surface area contributed by atoms with E-state index in [4.69, 9.17) is 0 Å². The first-order chi connectivity index (χ1) is 5.41. The molecule has 0 atom stereocenters. The molecule has 0 aliphatic carbocycles. The number of rotatable bonds is 0. The van der Waals surface area contributed by atoms with Gasteiger partial charge in [-0.15, -0.1) is 0 Å². The van der Waals surface area contributed by atoms with Crippen LogP contribution in [0.15, 0.2) is 4.99 Å². The lowest BCUT2D eigenvalue weighted by molar-refractivity contribution is 0.193. The molecule has 0 radical (unpaired) electrons. The van der Waals surface area contributed by atoms with Gasteiger partial charge >= 0.3 is 0 Å². The first kappa shape index (κ1) is 7.29. The lowest BCUT2D eigenvalue weighted by Gasteiger charge is -2.37. The summed E-state index contributed by atoms with van der Waals surface area (Å²) in [6.45, 7) is 3.50. The number of aliphatic imine (C=N–C) groups is 1. The summed E-state index contributed by atoms with van der Waals surface area (Å²) in [5, 5.41) is 3.40. The van der Waals surface area contributed by atoms with E-state index in [0.29, 0.717) is 5.41 Å². The van der Waals surface area contributed by atoms with Crippen molar-refractivity contribution in [1.29, 1.82) is 0 Å². The van der Waals surface area contributed by atoms with Crippen LogP contribution in [0.3, 0.4) is 0 Å². The van der Waals surface area contributed by atoms with Gasteiger partial charge in [-0.05, 0) is 50.4 Å². The highest BCUT2D eigenvalue weighted by atomic mass is 14.9. The third kappa shape index (κ3) is 1.45. The van der Waals surface area contributed by atoms with E-state index < -0.39 is 0 Å². The van der Waals surface area contributed by atoms with Gasteiger partial charge < -0.3 is 5.32 Å². The highest BCUT2D eigenvalue weighted by Gasteiger charge is 2.32. The standard InChI is InChI=1S/C9H16N2/c1-2-9(8-11-5-1)3-6-10-7-4-9/h5,10H,1-4,6-8H2. The maximum absolute atomic E-state index is 4.40. The maximum Gasteiger partial charge on any atom is 0.0442 e. The zero-order valence-corrected chi connectivity index (χ0v) is 6.97. The average molecular weight is 152 g/mol. The predicted octanol–water partition coefficient (Wildman–Crippen LogP) is 1.22. The minimum absolute atomic E-state index is 0.597. The molecule has 2 rings (SSSR count). The summed E-state index contributed by atoms with van der Waals surface area (Å²) in [5.41, 5.74) is 0.597. The Kier molecular flexibility index (Phi) is 1.95. The third-order valence-electron chi connectivity index (χ3n) is 3.02. The molecular weight excluding hydrogens is 136 g/mol. The molecule has 2 aliphatic rings. The molecule has 0 aromatic carbocycles. The van der Waals surface area contributed by atoms with Crippen LogP contribution >= 0.6 is 0 Å². The zero-order chi connectivity index (χ0) is 7.57. The highest BCUT2D eigenvalue weighted by molar-refractivity contribution is 5.58. The first-order valence-electron chi connectivity index (χ1n) is 4.60. The van der Waals surface area contributed by atoms with Crippen LogP contribution in [0, 0.1) is 5.41 Å². The van der Waals surface area contributed by atoms with E-state index >= 15 is 0 Å². The lowest BCUT2D eigenvalue weighted by Crippen LogP contribution is -2.39. The molecule has 62 valence electrons. The Balaban J connectivity index is 2.01. The molecule has 2 aliphatic heterocycles. The molecular formula is C9H16N2. The summed E-state index contributed by atoms with van der Waals surface area (Å²) in [7, 11) is 0. The van der Waals surface area contributed by atoms with Crippen molar-refractivity contribution in [3.63, 3.8) is 0 Å². The van der Waals surface area contributed by atoms with E-state index in [1.54, 1.807) is 0 Å². The second-order valence-electron chi connectivity index (χ2n) is 3.81. The molecule has 11 heavy (non-hydrogen) atoms. The van der Waals surface area contributed by atoms with Crippen LogP contribution in [0.5, 0.6) is 0 Å². The molecule has 0 aromatic rings. The van der Waals surface area contributed by atoms with E-state index in [9.17, 15) is 0 Å². The topological polar surface area (TPSA) is 24.4 Å². The summed E-state index contributed by atoms with van der Waals surface area (Å²) in [4.78, 5) is 4.40. The van der Waals surface area contributed by atoms with Crippen molar-refractivity contribution in [3.05, 3.63) is 0 Å². The van der Waals surface area contributed by atoms with Crippen molar-refractivity contribution in [3.8, 4) is 0 Å². The molecule has 0 unspecified atom stereocenters. The molecule has 1 fully saturated rings. The van der Waals surface area contributed by atoms with Crippen molar-refractivity contribution in [1.82, 2.24) is 5.32 Å².